The number of hydrogen-bond donors (Lipinski definition) is 1. The van der Waals surface area contributed by atoms with Crippen molar-refractivity contribution in [2.45, 2.75) is 19.8 Å². The zero-order chi connectivity index (χ0) is 15.2. The van der Waals surface area contributed by atoms with E-state index >= 15 is 0 Å². The molecule has 2 aromatic rings. The highest BCUT2D eigenvalue weighted by molar-refractivity contribution is 5.76. The fourth-order valence-electron chi connectivity index (χ4n) is 1.91. The molecule has 2 rings (SSSR count). The lowest BCUT2D eigenvalue weighted by Gasteiger charge is -2.14. The average Bonchev–Trinajstić information content (AvgIpc) is 2.49. The average molecular weight is 286 g/mol. The molecule has 2 aromatic carbocycles. The summed E-state index contributed by atoms with van der Waals surface area (Å²) < 4.78 is 11.3. The van der Waals surface area contributed by atoms with Crippen molar-refractivity contribution in [3.63, 3.8) is 0 Å². The van der Waals surface area contributed by atoms with Crippen LogP contribution in [0.15, 0.2) is 48.5 Å². The smallest absolute Gasteiger partial charge is 0.310 e. The van der Waals surface area contributed by atoms with Crippen molar-refractivity contribution < 1.29 is 19.4 Å². The van der Waals surface area contributed by atoms with Gasteiger partial charge in [0, 0.05) is 0 Å². The van der Waals surface area contributed by atoms with Gasteiger partial charge in [0.25, 0.3) is 0 Å². The first-order valence-corrected chi connectivity index (χ1v) is 6.84. The van der Waals surface area contributed by atoms with Crippen LogP contribution in [-0.4, -0.2) is 17.7 Å². The zero-order valence-electron chi connectivity index (χ0n) is 12.1. The molecule has 0 heterocycles. The molecule has 1 unspecified atom stereocenters. The van der Waals surface area contributed by atoms with Crippen LogP contribution >= 0.6 is 0 Å². The van der Waals surface area contributed by atoms with Crippen molar-refractivity contribution in [2.24, 2.45) is 0 Å². The fourth-order valence-corrected chi connectivity index (χ4v) is 1.91. The maximum Gasteiger partial charge on any atom is 0.310 e. The summed E-state index contributed by atoms with van der Waals surface area (Å²) in [4.78, 5) is 11.1. The van der Waals surface area contributed by atoms with E-state index in [4.69, 9.17) is 14.6 Å². The second-order valence-corrected chi connectivity index (χ2v) is 4.61. The summed E-state index contributed by atoms with van der Waals surface area (Å²) in [7, 11) is 0. The van der Waals surface area contributed by atoms with Crippen molar-refractivity contribution in [1.29, 1.82) is 0 Å². The van der Waals surface area contributed by atoms with Crippen LogP contribution in [0.2, 0.25) is 0 Å². The standard InChI is InChI=1S/C17H18O4/c1-3-20-15-10-9-13(12(2)17(18)19)11-16(15)21-14-7-5-4-6-8-14/h4-12H,3H2,1-2H3,(H,18,19). The number of carboxylic acid groups (broad SMARTS) is 1. The minimum Gasteiger partial charge on any atom is -0.490 e. The lowest BCUT2D eigenvalue weighted by atomic mass is 10.0. The van der Waals surface area contributed by atoms with E-state index in [1.165, 1.54) is 0 Å². The monoisotopic (exact) mass is 286 g/mol. The fraction of sp³-hybridized carbons (Fsp3) is 0.235. The summed E-state index contributed by atoms with van der Waals surface area (Å²) >= 11 is 0. The van der Waals surface area contributed by atoms with Crippen molar-refractivity contribution in [3.05, 3.63) is 54.1 Å². The molecular formula is C17H18O4. The first-order chi connectivity index (χ1) is 10.1. The Bertz CT molecular complexity index is 607. The molecule has 21 heavy (non-hydrogen) atoms. The van der Waals surface area contributed by atoms with Gasteiger partial charge in [0.15, 0.2) is 11.5 Å². The molecule has 0 aliphatic rings. The topological polar surface area (TPSA) is 55.8 Å². The Morgan fingerprint density at radius 2 is 1.86 bits per heavy atom. The van der Waals surface area contributed by atoms with E-state index in [-0.39, 0.29) is 0 Å². The molecule has 1 N–H and O–H groups in total. The van der Waals surface area contributed by atoms with Crippen LogP contribution in [0.3, 0.4) is 0 Å². The highest BCUT2D eigenvalue weighted by Crippen LogP contribution is 2.34. The predicted octanol–water partition coefficient (Wildman–Crippen LogP) is 4.07. The van der Waals surface area contributed by atoms with Crippen LogP contribution in [0.25, 0.3) is 0 Å². The Morgan fingerprint density at radius 3 is 2.48 bits per heavy atom. The van der Waals surface area contributed by atoms with Gasteiger partial charge in [-0.3, -0.25) is 4.79 Å². The molecule has 0 aromatic heterocycles. The zero-order valence-corrected chi connectivity index (χ0v) is 12.1. The van der Waals surface area contributed by atoms with Gasteiger partial charge in [-0.05, 0) is 43.7 Å². The summed E-state index contributed by atoms with van der Waals surface area (Å²) in [6.07, 6.45) is 0. The number of ether oxygens (including phenoxy) is 2. The highest BCUT2D eigenvalue weighted by atomic mass is 16.5. The largest absolute Gasteiger partial charge is 0.490 e. The lowest BCUT2D eigenvalue weighted by molar-refractivity contribution is -0.138. The van der Waals surface area contributed by atoms with Gasteiger partial charge in [-0.1, -0.05) is 24.3 Å². The Morgan fingerprint density at radius 1 is 1.14 bits per heavy atom. The number of aliphatic carboxylic acids is 1. The summed E-state index contributed by atoms with van der Waals surface area (Å²) in [5.41, 5.74) is 0.678. The van der Waals surface area contributed by atoms with Gasteiger partial charge in [-0.2, -0.15) is 0 Å². The number of carboxylic acids is 1. The Labute approximate surface area is 123 Å². The van der Waals surface area contributed by atoms with Crippen molar-refractivity contribution in [2.75, 3.05) is 6.61 Å². The van der Waals surface area contributed by atoms with Gasteiger partial charge in [0.2, 0.25) is 0 Å². The number of carbonyl (C=O) groups is 1. The van der Waals surface area contributed by atoms with E-state index in [1.54, 1.807) is 25.1 Å². The van der Waals surface area contributed by atoms with E-state index in [1.807, 2.05) is 37.3 Å². The molecule has 0 bridgehead atoms. The third kappa shape index (κ3) is 3.75. The number of benzene rings is 2. The quantitative estimate of drug-likeness (QED) is 0.869. The molecule has 0 amide bonds. The molecule has 4 nitrogen and oxygen atoms in total. The van der Waals surface area contributed by atoms with Gasteiger partial charge >= 0.3 is 5.97 Å². The van der Waals surface area contributed by atoms with Crippen LogP contribution in [-0.2, 0) is 4.79 Å². The normalized spacial score (nSPS) is 11.7. The first-order valence-electron chi connectivity index (χ1n) is 6.84. The molecule has 0 saturated carbocycles. The Kier molecular flexibility index (Phi) is 4.82. The van der Waals surface area contributed by atoms with Crippen LogP contribution in [0, 0.1) is 0 Å². The molecule has 0 spiro atoms. The summed E-state index contributed by atoms with van der Waals surface area (Å²) in [5.74, 6) is 0.332. The van der Waals surface area contributed by atoms with Gasteiger partial charge < -0.3 is 14.6 Å². The third-order valence-corrected chi connectivity index (χ3v) is 3.11. The molecule has 0 saturated heterocycles. The Hall–Kier alpha value is -2.49. The maximum atomic E-state index is 11.1. The molecule has 0 radical (unpaired) electrons. The van der Waals surface area contributed by atoms with Crippen LogP contribution in [0.1, 0.15) is 25.3 Å². The highest BCUT2D eigenvalue weighted by Gasteiger charge is 2.16. The molecule has 4 heteroatoms. The van der Waals surface area contributed by atoms with E-state index < -0.39 is 11.9 Å². The van der Waals surface area contributed by atoms with Gasteiger partial charge in [0.05, 0.1) is 12.5 Å². The van der Waals surface area contributed by atoms with E-state index in [2.05, 4.69) is 0 Å². The minimum atomic E-state index is -0.871. The van der Waals surface area contributed by atoms with Crippen LogP contribution < -0.4 is 9.47 Å². The van der Waals surface area contributed by atoms with Crippen molar-refractivity contribution >= 4 is 5.97 Å². The third-order valence-electron chi connectivity index (χ3n) is 3.11. The van der Waals surface area contributed by atoms with Crippen molar-refractivity contribution in [3.8, 4) is 17.2 Å². The molecule has 0 fully saturated rings. The van der Waals surface area contributed by atoms with Gasteiger partial charge in [-0.15, -0.1) is 0 Å². The van der Waals surface area contributed by atoms with Crippen molar-refractivity contribution in [1.82, 2.24) is 0 Å². The number of rotatable bonds is 6. The van der Waals surface area contributed by atoms with E-state index in [0.29, 0.717) is 29.4 Å². The molecular weight excluding hydrogens is 268 g/mol. The SMILES string of the molecule is CCOc1ccc(C(C)C(=O)O)cc1Oc1ccccc1. The predicted molar refractivity (Wildman–Crippen MR) is 80.2 cm³/mol. The second-order valence-electron chi connectivity index (χ2n) is 4.61. The first kappa shape index (κ1) is 14.9. The van der Waals surface area contributed by atoms with Crippen LogP contribution in [0.5, 0.6) is 17.2 Å². The van der Waals surface area contributed by atoms with E-state index in [0.717, 1.165) is 0 Å². The molecule has 0 aliphatic heterocycles. The summed E-state index contributed by atoms with van der Waals surface area (Å²) in [5, 5.41) is 9.12. The molecule has 110 valence electrons. The van der Waals surface area contributed by atoms with Gasteiger partial charge in [-0.25, -0.2) is 0 Å². The maximum absolute atomic E-state index is 11.1. The molecule has 1 atom stereocenters. The Balaban J connectivity index is 2.35. The summed E-state index contributed by atoms with van der Waals surface area (Å²) in [6, 6.07) is 14.5. The second kappa shape index (κ2) is 6.79. The minimum absolute atomic E-state index is 0.513. The van der Waals surface area contributed by atoms with E-state index in [9.17, 15) is 4.79 Å². The molecule has 0 aliphatic carbocycles. The van der Waals surface area contributed by atoms with Gasteiger partial charge in [0.1, 0.15) is 5.75 Å². The summed E-state index contributed by atoms with van der Waals surface area (Å²) in [6.45, 7) is 4.05. The van der Waals surface area contributed by atoms with Crippen LogP contribution in [0.4, 0.5) is 0 Å². The number of para-hydroxylation sites is 1. The number of hydrogen-bond acceptors (Lipinski definition) is 3. The lowest BCUT2D eigenvalue weighted by Crippen LogP contribution is -2.07.